The topological polar surface area (TPSA) is 62.6 Å². The van der Waals surface area contributed by atoms with Crippen LogP contribution in [0.2, 0.25) is 0 Å². The van der Waals surface area contributed by atoms with Gasteiger partial charge in [0.1, 0.15) is 11.6 Å². The smallest absolute Gasteiger partial charge is 0.180 e. The molecule has 0 spiro atoms. The van der Waals surface area contributed by atoms with Crippen LogP contribution in [-0.2, 0) is 7.05 Å². The fraction of sp³-hybridized carbons (Fsp3) is 0.308. The van der Waals surface area contributed by atoms with Crippen molar-refractivity contribution in [3.63, 3.8) is 0 Å². The van der Waals surface area contributed by atoms with Crippen LogP contribution < -0.4 is 4.90 Å². The van der Waals surface area contributed by atoms with E-state index in [0.717, 1.165) is 34.1 Å². The van der Waals surface area contributed by atoms with Crippen LogP contribution in [0.4, 0.5) is 5.82 Å². The maximum atomic E-state index is 4.55. The first-order valence-electron chi connectivity index (χ1n) is 6.09. The van der Waals surface area contributed by atoms with Gasteiger partial charge in [-0.25, -0.2) is 9.97 Å². The Labute approximate surface area is 111 Å². The zero-order valence-electron chi connectivity index (χ0n) is 11.5. The summed E-state index contributed by atoms with van der Waals surface area (Å²) < 4.78 is 1.79. The van der Waals surface area contributed by atoms with E-state index in [4.69, 9.17) is 0 Å². The van der Waals surface area contributed by atoms with Gasteiger partial charge in [0.15, 0.2) is 5.65 Å². The third-order valence-corrected chi connectivity index (χ3v) is 3.06. The molecule has 1 N–H and O–H groups in total. The number of anilines is 1. The fourth-order valence-electron chi connectivity index (χ4n) is 2.09. The van der Waals surface area contributed by atoms with E-state index in [-0.39, 0.29) is 0 Å². The molecule has 3 heterocycles. The Morgan fingerprint density at radius 2 is 2.00 bits per heavy atom. The van der Waals surface area contributed by atoms with Gasteiger partial charge in [-0.05, 0) is 19.1 Å². The van der Waals surface area contributed by atoms with Crippen LogP contribution in [0.25, 0.3) is 22.6 Å². The van der Waals surface area contributed by atoms with Crippen LogP contribution in [0.15, 0.2) is 18.3 Å². The molecule has 0 atom stereocenters. The number of aromatic nitrogens is 5. The minimum Gasteiger partial charge on any atom is -0.363 e. The molecular formula is C13H16N6. The number of pyridine rings is 1. The highest BCUT2D eigenvalue weighted by atomic mass is 15.3. The summed E-state index contributed by atoms with van der Waals surface area (Å²) in [6, 6.07) is 3.97. The van der Waals surface area contributed by atoms with Crippen LogP contribution in [0.5, 0.6) is 0 Å². The molecule has 3 aromatic heterocycles. The Balaban J connectivity index is 2.14. The lowest BCUT2D eigenvalue weighted by Gasteiger charge is -2.09. The maximum Gasteiger partial charge on any atom is 0.180 e. The summed E-state index contributed by atoms with van der Waals surface area (Å²) >= 11 is 0. The van der Waals surface area contributed by atoms with Gasteiger partial charge < -0.3 is 9.88 Å². The standard InChI is InChI=1S/C13H16N6/c1-8-9(7-19(4)17-8)12-14-10-5-6-11(18(2)3)15-13(10)16-12/h5-7H,1-4H3,(H,14,15,16). The highest BCUT2D eigenvalue weighted by molar-refractivity contribution is 5.77. The summed E-state index contributed by atoms with van der Waals surface area (Å²) in [6.07, 6.45) is 1.96. The first kappa shape index (κ1) is 11.7. The van der Waals surface area contributed by atoms with Gasteiger partial charge in [-0.15, -0.1) is 0 Å². The zero-order chi connectivity index (χ0) is 13.6. The van der Waals surface area contributed by atoms with Crippen molar-refractivity contribution < 1.29 is 0 Å². The molecule has 0 aliphatic heterocycles. The predicted octanol–water partition coefficient (Wildman–Crippen LogP) is 1.73. The Bertz CT molecular complexity index is 737. The highest BCUT2D eigenvalue weighted by Crippen LogP contribution is 2.23. The number of aromatic amines is 1. The molecule has 0 aliphatic carbocycles. The van der Waals surface area contributed by atoms with E-state index in [9.17, 15) is 0 Å². The average Bonchev–Trinajstić information content (AvgIpc) is 2.90. The van der Waals surface area contributed by atoms with Gasteiger partial charge in [0.2, 0.25) is 0 Å². The number of H-pyrrole nitrogens is 1. The minimum absolute atomic E-state index is 0.726. The van der Waals surface area contributed by atoms with E-state index >= 15 is 0 Å². The second-order valence-corrected chi connectivity index (χ2v) is 4.82. The molecule has 3 aromatic rings. The quantitative estimate of drug-likeness (QED) is 0.758. The summed E-state index contributed by atoms with van der Waals surface area (Å²) in [5, 5.41) is 4.33. The van der Waals surface area contributed by atoms with E-state index in [1.54, 1.807) is 4.68 Å². The Kier molecular flexibility index (Phi) is 2.51. The van der Waals surface area contributed by atoms with Gasteiger partial charge in [0, 0.05) is 27.3 Å². The van der Waals surface area contributed by atoms with Crippen molar-refractivity contribution in [2.45, 2.75) is 6.92 Å². The molecule has 0 fully saturated rings. The Morgan fingerprint density at radius 1 is 1.21 bits per heavy atom. The summed E-state index contributed by atoms with van der Waals surface area (Å²) in [4.78, 5) is 14.3. The van der Waals surface area contributed by atoms with Gasteiger partial charge >= 0.3 is 0 Å². The van der Waals surface area contributed by atoms with Crippen molar-refractivity contribution in [3.05, 3.63) is 24.0 Å². The number of nitrogens with one attached hydrogen (secondary N) is 1. The molecule has 19 heavy (non-hydrogen) atoms. The van der Waals surface area contributed by atoms with Crippen molar-refractivity contribution in [1.29, 1.82) is 0 Å². The number of imidazole rings is 1. The molecule has 0 radical (unpaired) electrons. The minimum atomic E-state index is 0.726. The third kappa shape index (κ3) is 1.95. The largest absolute Gasteiger partial charge is 0.363 e. The predicted molar refractivity (Wildman–Crippen MR) is 75.2 cm³/mol. The molecule has 98 valence electrons. The lowest BCUT2D eigenvalue weighted by Crippen LogP contribution is -2.10. The van der Waals surface area contributed by atoms with Crippen LogP contribution >= 0.6 is 0 Å². The highest BCUT2D eigenvalue weighted by Gasteiger charge is 2.12. The molecule has 0 saturated carbocycles. The molecular weight excluding hydrogens is 240 g/mol. The van der Waals surface area contributed by atoms with Gasteiger partial charge in [0.25, 0.3) is 0 Å². The van der Waals surface area contributed by atoms with Gasteiger partial charge in [-0.1, -0.05) is 0 Å². The van der Waals surface area contributed by atoms with Crippen molar-refractivity contribution >= 4 is 17.0 Å². The zero-order valence-corrected chi connectivity index (χ0v) is 11.5. The van der Waals surface area contributed by atoms with Crippen molar-refractivity contribution in [2.24, 2.45) is 7.05 Å². The number of nitrogens with zero attached hydrogens (tertiary/aromatic N) is 5. The van der Waals surface area contributed by atoms with E-state index < -0.39 is 0 Å². The van der Waals surface area contributed by atoms with E-state index in [2.05, 4.69) is 20.1 Å². The number of fused-ring (bicyclic) bond motifs is 1. The average molecular weight is 256 g/mol. The molecule has 0 aliphatic rings. The van der Waals surface area contributed by atoms with Crippen molar-refractivity contribution in [3.8, 4) is 11.4 Å². The van der Waals surface area contributed by atoms with Crippen LogP contribution in [0.1, 0.15) is 5.69 Å². The van der Waals surface area contributed by atoms with Crippen LogP contribution in [0, 0.1) is 6.92 Å². The number of aryl methyl sites for hydroxylation is 2. The molecule has 0 saturated heterocycles. The van der Waals surface area contributed by atoms with Crippen molar-refractivity contribution in [1.82, 2.24) is 24.7 Å². The van der Waals surface area contributed by atoms with Gasteiger partial charge in [-0.2, -0.15) is 5.10 Å². The third-order valence-electron chi connectivity index (χ3n) is 3.06. The normalized spacial score (nSPS) is 11.2. The molecule has 6 nitrogen and oxygen atoms in total. The lowest BCUT2D eigenvalue weighted by atomic mass is 10.2. The SMILES string of the molecule is Cc1nn(C)cc1-c1nc2nc(N(C)C)ccc2[nH]1. The first-order valence-corrected chi connectivity index (χ1v) is 6.09. The summed E-state index contributed by atoms with van der Waals surface area (Å²) in [6.45, 7) is 1.97. The number of rotatable bonds is 2. The number of hydrogen-bond acceptors (Lipinski definition) is 4. The summed E-state index contributed by atoms with van der Waals surface area (Å²) in [7, 11) is 5.83. The van der Waals surface area contributed by atoms with E-state index in [0.29, 0.717) is 0 Å². The Hall–Kier alpha value is -2.37. The lowest BCUT2D eigenvalue weighted by molar-refractivity contribution is 0.756. The monoisotopic (exact) mass is 256 g/mol. The molecule has 0 aromatic carbocycles. The Morgan fingerprint density at radius 3 is 2.63 bits per heavy atom. The molecule has 3 rings (SSSR count). The molecule has 6 heteroatoms. The van der Waals surface area contributed by atoms with E-state index in [1.807, 2.05) is 51.3 Å². The van der Waals surface area contributed by atoms with Gasteiger partial charge in [-0.3, -0.25) is 4.68 Å². The van der Waals surface area contributed by atoms with Crippen molar-refractivity contribution in [2.75, 3.05) is 19.0 Å². The molecule has 0 unspecified atom stereocenters. The first-order chi connectivity index (χ1) is 9.04. The fourth-order valence-corrected chi connectivity index (χ4v) is 2.09. The maximum absolute atomic E-state index is 4.55. The van der Waals surface area contributed by atoms with Crippen LogP contribution in [-0.4, -0.2) is 38.8 Å². The molecule has 0 bridgehead atoms. The van der Waals surface area contributed by atoms with Gasteiger partial charge in [0.05, 0.1) is 16.8 Å². The van der Waals surface area contributed by atoms with E-state index in [1.165, 1.54) is 0 Å². The summed E-state index contributed by atoms with van der Waals surface area (Å²) in [5.41, 5.74) is 3.62. The second-order valence-electron chi connectivity index (χ2n) is 4.82. The molecule has 0 amide bonds. The number of hydrogen-bond donors (Lipinski definition) is 1. The summed E-state index contributed by atoms with van der Waals surface area (Å²) in [5.74, 6) is 1.71. The van der Waals surface area contributed by atoms with Crippen LogP contribution in [0.3, 0.4) is 0 Å². The second kappa shape index (κ2) is 4.08.